The molecule has 94 valence electrons. The Bertz CT molecular complexity index is 751. The summed E-state index contributed by atoms with van der Waals surface area (Å²) in [5.41, 5.74) is 0.592. The molecule has 0 radical (unpaired) electrons. The second-order valence-corrected chi connectivity index (χ2v) is 4.13. The van der Waals surface area contributed by atoms with Crippen LogP contribution in [-0.2, 0) is 0 Å². The van der Waals surface area contributed by atoms with E-state index in [1.807, 2.05) is 6.07 Å². The van der Waals surface area contributed by atoms with Crippen molar-refractivity contribution >= 4 is 22.5 Å². The molecule has 1 aromatic carbocycles. The molecule has 19 heavy (non-hydrogen) atoms. The average molecular weight is 276 g/mol. The normalized spacial score (nSPS) is 10.6. The van der Waals surface area contributed by atoms with Gasteiger partial charge in [-0.1, -0.05) is 11.6 Å². The minimum absolute atomic E-state index is 0.113. The third-order valence-corrected chi connectivity index (χ3v) is 2.83. The van der Waals surface area contributed by atoms with E-state index in [9.17, 15) is 4.39 Å². The summed E-state index contributed by atoms with van der Waals surface area (Å²) in [5.74, 6) is -0.0869. The van der Waals surface area contributed by atoms with Gasteiger partial charge in [0.25, 0.3) is 0 Å². The van der Waals surface area contributed by atoms with E-state index in [1.165, 1.54) is 0 Å². The van der Waals surface area contributed by atoms with E-state index in [1.54, 1.807) is 24.4 Å². The summed E-state index contributed by atoms with van der Waals surface area (Å²) >= 11 is 6.08. The fraction of sp³-hybridized carbons (Fsp3) is 0. The van der Waals surface area contributed by atoms with Gasteiger partial charge in [0, 0.05) is 11.6 Å². The zero-order chi connectivity index (χ0) is 13.2. The van der Waals surface area contributed by atoms with E-state index in [-0.39, 0.29) is 5.88 Å². The zero-order valence-corrected chi connectivity index (χ0v) is 10.3. The van der Waals surface area contributed by atoms with Crippen molar-refractivity contribution in [3.63, 3.8) is 0 Å². The van der Waals surface area contributed by atoms with E-state index in [0.29, 0.717) is 16.3 Å². The lowest BCUT2D eigenvalue weighted by atomic mass is 10.2. The van der Waals surface area contributed by atoms with Crippen molar-refractivity contribution in [2.45, 2.75) is 0 Å². The number of ether oxygens (including phenoxy) is 1. The van der Waals surface area contributed by atoms with Gasteiger partial charge in [0.15, 0.2) is 5.75 Å². The number of pyridine rings is 1. The predicted octanol–water partition coefficient (Wildman–Crippen LogP) is 3.61. The Morgan fingerprint density at radius 3 is 2.84 bits per heavy atom. The molecule has 4 nitrogen and oxygen atoms in total. The number of halogens is 2. The summed E-state index contributed by atoms with van der Waals surface area (Å²) in [6, 6.07) is 8.07. The highest BCUT2D eigenvalue weighted by Gasteiger charge is 2.08. The van der Waals surface area contributed by atoms with Crippen LogP contribution >= 0.6 is 11.6 Å². The van der Waals surface area contributed by atoms with Crippen LogP contribution < -0.4 is 4.74 Å². The lowest BCUT2D eigenvalue weighted by Crippen LogP contribution is -1.93. The number of nitrogens with zero attached hydrogens (tertiary/aromatic N) is 3. The van der Waals surface area contributed by atoms with Gasteiger partial charge < -0.3 is 4.74 Å². The molecule has 0 aliphatic carbocycles. The van der Waals surface area contributed by atoms with E-state index in [0.717, 1.165) is 17.8 Å². The first-order valence-corrected chi connectivity index (χ1v) is 5.80. The molecule has 0 atom stereocenters. The molecule has 0 saturated heterocycles. The van der Waals surface area contributed by atoms with Gasteiger partial charge >= 0.3 is 0 Å². The van der Waals surface area contributed by atoms with Crippen LogP contribution in [0.3, 0.4) is 0 Å². The number of rotatable bonds is 2. The average Bonchev–Trinajstić information content (AvgIpc) is 2.42. The molecule has 0 unspecified atom stereocenters. The second-order valence-electron chi connectivity index (χ2n) is 3.73. The van der Waals surface area contributed by atoms with Crippen LogP contribution in [0.25, 0.3) is 10.9 Å². The van der Waals surface area contributed by atoms with Crippen LogP contribution in [-0.4, -0.2) is 15.0 Å². The topological polar surface area (TPSA) is 47.9 Å². The van der Waals surface area contributed by atoms with Gasteiger partial charge in [-0.25, -0.2) is 9.97 Å². The molecule has 0 amide bonds. The number of benzene rings is 1. The Morgan fingerprint density at radius 2 is 2.00 bits per heavy atom. The number of aromatic nitrogens is 3. The molecule has 0 bridgehead atoms. The Balaban J connectivity index is 2.09. The maximum atomic E-state index is 13.0. The molecular weight excluding hydrogens is 269 g/mol. The molecule has 3 rings (SSSR count). The highest BCUT2D eigenvalue weighted by atomic mass is 35.5. The van der Waals surface area contributed by atoms with Crippen molar-refractivity contribution in [1.29, 1.82) is 0 Å². The largest absolute Gasteiger partial charge is 0.437 e. The van der Waals surface area contributed by atoms with Crippen LogP contribution in [0.4, 0.5) is 4.39 Å². The minimum Gasteiger partial charge on any atom is -0.437 e. The lowest BCUT2D eigenvalue weighted by Gasteiger charge is -2.08. The lowest BCUT2D eigenvalue weighted by molar-refractivity contribution is 0.454. The van der Waals surface area contributed by atoms with Crippen molar-refractivity contribution < 1.29 is 9.13 Å². The summed E-state index contributed by atoms with van der Waals surface area (Å²) < 4.78 is 18.5. The molecule has 3 aromatic rings. The van der Waals surface area contributed by atoms with Crippen LogP contribution in [0.5, 0.6) is 11.6 Å². The Morgan fingerprint density at radius 1 is 1.11 bits per heavy atom. The van der Waals surface area contributed by atoms with Crippen molar-refractivity contribution in [1.82, 2.24) is 15.0 Å². The van der Waals surface area contributed by atoms with Crippen LogP contribution in [0.2, 0.25) is 5.02 Å². The predicted molar refractivity (Wildman–Crippen MR) is 68.8 cm³/mol. The fourth-order valence-corrected chi connectivity index (χ4v) is 1.90. The fourth-order valence-electron chi connectivity index (χ4n) is 1.68. The van der Waals surface area contributed by atoms with Crippen LogP contribution in [0.1, 0.15) is 0 Å². The minimum atomic E-state index is -0.656. The summed E-state index contributed by atoms with van der Waals surface area (Å²) in [6.45, 7) is 0. The summed E-state index contributed by atoms with van der Waals surface area (Å²) in [6.07, 6.45) is 2.72. The van der Waals surface area contributed by atoms with Gasteiger partial charge in [0.05, 0.1) is 11.1 Å². The molecule has 0 aliphatic rings. The molecule has 0 spiro atoms. The first-order chi connectivity index (χ1) is 9.24. The van der Waals surface area contributed by atoms with Gasteiger partial charge in [-0.05, 0) is 24.3 Å². The van der Waals surface area contributed by atoms with Crippen molar-refractivity contribution in [3.05, 3.63) is 53.8 Å². The summed E-state index contributed by atoms with van der Waals surface area (Å²) in [4.78, 5) is 11.4. The van der Waals surface area contributed by atoms with Gasteiger partial charge in [0.2, 0.25) is 11.8 Å². The second kappa shape index (κ2) is 4.78. The number of fused-ring (bicyclic) bond motifs is 1. The smallest absolute Gasteiger partial charge is 0.225 e. The third-order valence-electron chi connectivity index (χ3n) is 2.50. The zero-order valence-electron chi connectivity index (χ0n) is 9.55. The van der Waals surface area contributed by atoms with E-state index in [4.69, 9.17) is 16.3 Å². The number of hydrogen-bond acceptors (Lipinski definition) is 4. The van der Waals surface area contributed by atoms with Crippen molar-refractivity contribution in [2.75, 3.05) is 0 Å². The van der Waals surface area contributed by atoms with Gasteiger partial charge in [-0.3, -0.25) is 4.98 Å². The molecule has 0 saturated carbocycles. The van der Waals surface area contributed by atoms with Crippen LogP contribution in [0, 0.1) is 5.95 Å². The Labute approximate surface area is 112 Å². The van der Waals surface area contributed by atoms with E-state index >= 15 is 0 Å². The standard InChI is InChI=1S/C13H7ClFN3O/c14-9-3-4-10(13-8(9)2-1-5-16-13)19-12-6-11(15)17-7-18-12/h1-7H. The number of hydrogen-bond donors (Lipinski definition) is 0. The maximum Gasteiger partial charge on any atom is 0.225 e. The van der Waals surface area contributed by atoms with Gasteiger partial charge in [-0.2, -0.15) is 4.39 Å². The first-order valence-electron chi connectivity index (χ1n) is 5.43. The molecule has 0 aliphatic heterocycles. The van der Waals surface area contributed by atoms with Crippen LogP contribution in [0.15, 0.2) is 42.9 Å². The van der Waals surface area contributed by atoms with Gasteiger partial charge in [0.1, 0.15) is 11.8 Å². The highest BCUT2D eigenvalue weighted by molar-refractivity contribution is 6.35. The molecule has 0 fully saturated rings. The van der Waals surface area contributed by atoms with Crippen molar-refractivity contribution in [2.24, 2.45) is 0 Å². The SMILES string of the molecule is Fc1cc(Oc2ccc(Cl)c3cccnc23)ncn1. The van der Waals surface area contributed by atoms with E-state index in [2.05, 4.69) is 15.0 Å². The van der Waals surface area contributed by atoms with E-state index < -0.39 is 5.95 Å². The first kappa shape index (κ1) is 11.8. The quantitative estimate of drug-likeness (QED) is 0.670. The maximum absolute atomic E-state index is 13.0. The highest BCUT2D eigenvalue weighted by Crippen LogP contribution is 2.31. The summed E-state index contributed by atoms with van der Waals surface area (Å²) in [7, 11) is 0. The third kappa shape index (κ3) is 2.32. The monoisotopic (exact) mass is 275 g/mol. The Kier molecular flexibility index (Phi) is 2.97. The Hall–Kier alpha value is -2.27. The molecule has 0 N–H and O–H groups in total. The van der Waals surface area contributed by atoms with Gasteiger partial charge in [-0.15, -0.1) is 0 Å². The molecule has 2 heterocycles. The molecular formula is C13H7ClFN3O. The summed E-state index contributed by atoms with van der Waals surface area (Å²) in [5, 5.41) is 1.33. The molecule has 2 aromatic heterocycles. The van der Waals surface area contributed by atoms with Crippen molar-refractivity contribution in [3.8, 4) is 11.6 Å². The molecule has 6 heteroatoms.